The molecule has 39 heavy (non-hydrogen) atoms. The predicted octanol–water partition coefficient (Wildman–Crippen LogP) is 5.63. The molecule has 208 valence electrons. The van der Waals surface area contributed by atoms with Crippen LogP contribution in [0.3, 0.4) is 0 Å². The Labute approximate surface area is 234 Å². The molecule has 3 aromatic rings. The first-order valence-electron chi connectivity index (χ1n) is 12.3. The van der Waals surface area contributed by atoms with Crippen molar-refractivity contribution in [3.63, 3.8) is 0 Å². The van der Waals surface area contributed by atoms with Gasteiger partial charge in [-0.2, -0.15) is 20.2 Å². The normalized spacial score (nSPS) is 13.0. The number of hydrogen-bond donors (Lipinski definition) is 2. The molecule has 2 N–H and O–H groups in total. The van der Waals surface area contributed by atoms with Crippen LogP contribution >= 0.6 is 11.8 Å². The number of para-hydroxylation sites is 1. The lowest BCUT2D eigenvalue weighted by atomic mass is 10.0. The zero-order chi connectivity index (χ0) is 28.1. The van der Waals surface area contributed by atoms with Gasteiger partial charge >= 0.3 is 6.09 Å². The van der Waals surface area contributed by atoms with Gasteiger partial charge in [0.15, 0.2) is 0 Å². The fourth-order valence-corrected chi connectivity index (χ4v) is 5.47. The number of carbonyl (C=O) groups is 1. The van der Waals surface area contributed by atoms with Crippen LogP contribution in [0.2, 0.25) is 0 Å². The van der Waals surface area contributed by atoms with E-state index in [1.54, 1.807) is 26.0 Å². The van der Waals surface area contributed by atoms with Gasteiger partial charge in [-0.15, -0.1) is 0 Å². The van der Waals surface area contributed by atoms with Crippen LogP contribution in [0.4, 0.5) is 4.79 Å². The van der Waals surface area contributed by atoms with Crippen LogP contribution in [0.5, 0.6) is 11.5 Å². The molecule has 2 unspecified atom stereocenters. The summed E-state index contributed by atoms with van der Waals surface area (Å²) < 4.78 is 48.6. The van der Waals surface area contributed by atoms with E-state index in [2.05, 4.69) is 5.32 Å². The first-order valence-corrected chi connectivity index (χ1v) is 14.8. The Bertz CT molecular complexity index is 1310. The van der Waals surface area contributed by atoms with Gasteiger partial charge in [-0.3, -0.25) is 4.55 Å². The molecule has 0 radical (unpaired) electrons. The summed E-state index contributed by atoms with van der Waals surface area (Å²) in [5.41, 5.74) is 2.84. The van der Waals surface area contributed by atoms with Crippen LogP contribution < -0.4 is 14.8 Å². The SMILES string of the molecule is COc1ccc(CSC(CCc2ccccc2OC)C(/C=C/S(=O)(=O)O)NC(=O)OCc2ccccc2)cc1. The lowest BCUT2D eigenvalue weighted by molar-refractivity contribution is 0.137. The highest BCUT2D eigenvalue weighted by molar-refractivity contribution is 7.99. The summed E-state index contributed by atoms with van der Waals surface area (Å²) in [5, 5.41) is 3.20. The molecule has 0 aliphatic rings. The Morgan fingerprint density at radius 1 is 0.949 bits per heavy atom. The molecule has 0 saturated carbocycles. The highest BCUT2D eigenvalue weighted by Crippen LogP contribution is 2.29. The summed E-state index contributed by atoms with van der Waals surface area (Å²) in [4.78, 5) is 12.8. The molecule has 0 saturated heterocycles. The average molecular weight is 572 g/mol. The maximum Gasteiger partial charge on any atom is 0.407 e. The van der Waals surface area contributed by atoms with E-state index >= 15 is 0 Å². The average Bonchev–Trinajstić information content (AvgIpc) is 2.95. The number of aryl methyl sites for hydroxylation is 1. The van der Waals surface area contributed by atoms with E-state index in [-0.39, 0.29) is 11.9 Å². The predicted molar refractivity (Wildman–Crippen MR) is 154 cm³/mol. The second-order valence-electron chi connectivity index (χ2n) is 8.62. The van der Waals surface area contributed by atoms with E-state index < -0.39 is 22.3 Å². The van der Waals surface area contributed by atoms with Crippen molar-refractivity contribution in [2.24, 2.45) is 0 Å². The second kappa shape index (κ2) is 15.2. The Kier molecular flexibility index (Phi) is 11.7. The molecule has 0 aliphatic heterocycles. The molecule has 10 heteroatoms. The van der Waals surface area contributed by atoms with Gasteiger partial charge in [0.1, 0.15) is 18.1 Å². The molecule has 0 bridgehead atoms. The monoisotopic (exact) mass is 571 g/mol. The molecule has 1 amide bonds. The Hall–Kier alpha value is -3.47. The maximum absolute atomic E-state index is 12.8. The molecule has 0 heterocycles. The van der Waals surface area contributed by atoms with Gasteiger partial charge in [0.05, 0.1) is 25.7 Å². The van der Waals surface area contributed by atoms with E-state index in [0.29, 0.717) is 24.0 Å². The summed E-state index contributed by atoms with van der Waals surface area (Å²) in [6.07, 6.45) is 1.77. The van der Waals surface area contributed by atoms with E-state index in [1.165, 1.54) is 6.08 Å². The van der Waals surface area contributed by atoms with Gasteiger partial charge in [0.2, 0.25) is 0 Å². The molecular formula is C29H33NO7S2. The number of methoxy groups -OCH3 is 2. The smallest absolute Gasteiger partial charge is 0.407 e. The third-order valence-corrected chi connectivity index (χ3v) is 7.83. The van der Waals surface area contributed by atoms with Gasteiger partial charge in [-0.05, 0) is 53.8 Å². The lowest BCUT2D eigenvalue weighted by Crippen LogP contribution is -2.41. The number of nitrogens with one attached hydrogen (secondary N) is 1. The van der Waals surface area contributed by atoms with E-state index in [9.17, 15) is 17.8 Å². The van der Waals surface area contributed by atoms with Crippen molar-refractivity contribution in [1.82, 2.24) is 5.32 Å². The number of carbonyl (C=O) groups excluding carboxylic acids is 1. The summed E-state index contributed by atoms with van der Waals surface area (Å²) in [6.45, 7) is 0.0618. The van der Waals surface area contributed by atoms with Gasteiger partial charge < -0.3 is 19.5 Å². The minimum Gasteiger partial charge on any atom is -0.497 e. The molecule has 0 fully saturated rings. The minimum atomic E-state index is -4.41. The van der Waals surface area contributed by atoms with Crippen molar-refractivity contribution in [3.8, 4) is 11.5 Å². The highest BCUT2D eigenvalue weighted by Gasteiger charge is 2.24. The minimum absolute atomic E-state index is 0.0618. The number of alkyl carbamates (subject to hydrolysis) is 1. The van der Waals surface area contributed by atoms with E-state index in [4.69, 9.17) is 14.2 Å². The van der Waals surface area contributed by atoms with E-state index in [0.717, 1.165) is 28.2 Å². The maximum atomic E-state index is 12.8. The second-order valence-corrected chi connectivity index (χ2v) is 11.2. The van der Waals surface area contributed by atoms with Crippen molar-refractivity contribution in [3.05, 3.63) is 107 Å². The summed E-state index contributed by atoms with van der Waals surface area (Å²) >= 11 is 1.56. The molecule has 3 rings (SSSR count). The molecule has 0 aromatic heterocycles. The number of hydrogen-bond acceptors (Lipinski definition) is 7. The fraction of sp³-hybridized carbons (Fsp3) is 0.276. The fourth-order valence-electron chi connectivity index (χ4n) is 3.85. The molecule has 2 atom stereocenters. The summed E-state index contributed by atoms with van der Waals surface area (Å²) in [6, 6.07) is 23.8. The van der Waals surface area contributed by atoms with Crippen molar-refractivity contribution >= 4 is 28.0 Å². The van der Waals surface area contributed by atoms with Crippen LogP contribution in [-0.4, -0.2) is 44.6 Å². The number of rotatable bonds is 14. The first kappa shape index (κ1) is 30.1. The van der Waals surface area contributed by atoms with Crippen molar-refractivity contribution in [1.29, 1.82) is 0 Å². The Morgan fingerprint density at radius 3 is 2.31 bits per heavy atom. The first-order chi connectivity index (χ1) is 18.8. The Balaban J connectivity index is 1.81. The van der Waals surface area contributed by atoms with Crippen LogP contribution in [0, 0.1) is 0 Å². The van der Waals surface area contributed by atoms with Gasteiger partial charge in [0, 0.05) is 11.0 Å². The van der Waals surface area contributed by atoms with Gasteiger partial charge in [-0.1, -0.05) is 60.7 Å². The Morgan fingerprint density at radius 2 is 1.64 bits per heavy atom. The summed E-state index contributed by atoms with van der Waals surface area (Å²) in [5.74, 6) is 2.09. The van der Waals surface area contributed by atoms with Gasteiger partial charge in [-0.25, -0.2) is 4.79 Å². The van der Waals surface area contributed by atoms with Crippen LogP contribution in [-0.2, 0) is 33.6 Å². The number of amides is 1. The lowest BCUT2D eigenvalue weighted by Gasteiger charge is -2.26. The molecule has 0 aliphatic carbocycles. The summed E-state index contributed by atoms with van der Waals surface area (Å²) in [7, 11) is -1.20. The van der Waals surface area contributed by atoms with Crippen molar-refractivity contribution in [2.75, 3.05) is 14.2 Å². The van der Waals surface area contributed by atoms with E-state index in [1.807, 2.05) is 78.9 Å². The molecule has 8 nitrogen and oxygen atoms in total. The topological polar surface area (TPSA) is 111 Å². The van der Waals surface area contributed by atoms with Crippen molar-refractivity contribution in [2.45, 2.75) is 36.5 Å². The molecular weight excluding hydrogens is 538 g/mol. The third-order valence-electron chi connectivity index (χ3n) is 5.87. The zero-order valence-corrected chi connectivity index (χ0v) is 23.5. The standard InChI is InChI=1S/C29H33NO7S2/c1-35-25-15-12-23(13-16-25)21-38-28(17-14-24-10-6-7-11-27(24)36-2)26(18-19-39(32,33)34)30-29(31)37-20-22-8-4-3-5-9-22/h3-13,15-16,18-19,26,28H,14,17,20-21H2,1-2H3,(H,30,31)(H,32,33,34)/b19-18+. The van der Waals surface area contributed by atoms with Crippen LogP contribution in [0.1, 0.15) is 23.1 Å². The number of benzene rings is 3. The molecule has 0 spiro atoms. The van der Waals surface area contributed by atoms with Gasteiger partial charge in [0.25, 0.3) is 10.1 Å². The van der Waals surface area contributed by atoms with Crippen LogP contribution in [0.15, 0.2) is 90.3 Å². The number of ether oxygens (including phenoxy) is 3. The molecule has 3 aromatic carbocycles. The third kappa shape index (κ3) is 10.7. The quantitative estimate of drug-likeness (QED) is 0.239. The highest BCUT2D eigenvalue weighted by atomic mass is 32.2. The van der Waals surface area contributed by atoms with Crippen molar-refractivity contribution < 1.29 is 32.0 Å². The number of thioether (sulfide) groups is 1. The van der Waals surface area contributed by atoms with Crippen LogP contribution in [0.25, 0.3) is 0 Å². The zero-order valence-electron chi connectivity index (χ0n) is 21.9. The largest absolute Gasteiger partial charge is 0.497 e.